The number of hydrogen-bond acceptors (Lipinski definition) is 3. The van der Waals surface area contributed by atoms with Crippen LogP contribution in [0.5, 0.6) is 0 Å². The van der Waals surface area contributed by atoms with Crippen LogP contribution in [0.4, 0.5) is 0 Å². The minimum absolute atomic E-state index is 0.339. The van der Waals surface area contributed by atoms with E-state index in [4.69, 9.17) is 0 Å². The molecule has 0 saturated carbocycles. The van der Waals surface area contributed by atoms with E-state index in [0.29, 0.717) is 6.54 Å². The third kappa shape index (κ3) is 5.70. The molecule has 1 atom stereocenters. The van der Waals surface area contributed by atoms with E-state index in [1.54, 1.807) is 6.08 Å². The summed E-state index contributed by atoms with van der Waals surface area (Å²) in [7, 11) is 0. The second-order valence-electron chi connectivity index (χ2n) is 5.19. The van der Waals surface area contributed by atoms with Crippen LogP contribution in [-0.2, 0) is 16.1 Å². The van der Waals surface area contributed by atoms with Crippen molar-refractivity contribution in [1.29, 1.82) is 0 Å². The third-order valence-electron chi connectivity index (χ3n) is 3.35. The monoisotopic (exact) mass is 324 g/mol. The molecule has 0 aliphatic rings. The van der Waals surface area contributed by atoms with Crippen molar-refractivity contribution < 1.29 is 14.7 Å². The van der Waals surface area contributed by atoms with E-state index in [0.717, 1.165) is 11.1 Å². The fourth-order valence-electron chi connectivity index (χ4n) is 2.06. The van der Waals surface area contributed by atoms with Crippen LogP contribution in [0.1, 0.15) is 11.1 Å². The highest BCUT2D eigenvalue weighted by Crippen LogP contribution is 2.01. The van der Waals surface area contributed by atoms with Gasteiger partial charge in [-0.1, -0.05) is 60.7 Å². The van der Waals surface area contributed by atoms with E-state index in [-0.39, 0.29) is 0 Å². The molecule has 2 amide bonds. The minimum Gasteiger partial charge on any atom is -0.394 e. The lowest BCUT2D eigenvalue weighted by Gasteiger charge is -2.15. The summed E-state index contributed by atoms with van der Waals surface area (Å²) in [6, 6.07) is 17.8. The quantitative estimate of drug-likeness (QED) is 0.675. The summed E-state index contributed by atoms with van der Waals surface area (Å²) in [5, 5.41) is 14.5. The number of carbonyl (C=O) groups is 2. The number of carbonyl (C=O) groups excluding carboxylic acids is 2. The van der Waals surface area contributed by atoms with Gasteiger partial charge in [-0.2, -0.15) is 0 Å². The maximum atomic E-state index is 12.0. The van der Waals surface area contributed by atoms with Gasteiger partial charge in [0.05, 0.1) is 6.61 Å². The zero-order chi connectivity index (χ0) is 17.2. The zero-order valence-electron chi connectivity index (χ0n) is 13.2. The SMILES string of the molecule is O=C(C=Cc1ccccc1)NC(CO)C(=O)NCc1ccccc1. The molecule has 0 radical (unpaired) electrons. The summed E-state index contributed by atoms with van der Waals surface area (Å²) in [5.74, 6) is -0.865. The van der Waals surface area contributed by atoms with Crippen molar-refractivity contribution in [3.63, 3.8) is 0 Å². The van der Waals surface area contributed by atoms with Crippen molar-refractivity contribution >= 4 is 17.9 Å². The first-order chi connectivity index (χ1) is 11.7. The Labute approximate surface area is 141 Å². The number of benzene rings is 2. The molecule has 2 aromatic carbocycles. The molecule has 2 rings (SSSR count). The molecule has 124 valence electrons. The largest absolute Gasteiger partial charge is 0.394 e. The lowest BCUT2D eigenvalue weighted by Crippen LogP contribution is -2.48. The van der Waals surface area contributed by atoms with Crippen molar-refractivity contribution in [1.82, 2.24) is 10.6 Å². The van der Waals surface area contributed by atoms with Crippen molar-refractivity contribution in [3.8, 4) is 0 Å². The lowest BCUT2D eigenvalue weighted by molar-refractivity contribution is -0.128. The van der Waals surface area contributed by atoms with Gasteiger partial charge in [0.2, 0.25) is 11.8 Å². The summed E-state index contributed by atoms with van der Waals surface area (Å²) < 4.78 is 0. The Bertz CT molecular complexity index is 684. The van der Waals surface area contributed by atoms with E-state index >= 15 is 0 Å². The van der Waals surface area contributed by atoms with E-state index in [9.17, 15) is 14.7 Å². The van der Waals surface area contributed by atoms with E-state index in [1.165, 1.54) is 6.08 Å². The first kappa shape index (κ1) is 17.4. The summed E-state index contributed by atoms with van der Waals surface area (Å²) in [6.45, 7) is -0.128. The molecule has 0 aliphatic heterocycles. The van der Waals surface area contributed by atoms with Gasteiger partial charge in [-0.25, -0.2) is 0 Å². The first-order valence-electron chi connectivity index (χ1n) is 7.65. The van der Waals surface area contributed by atoms with Crippen LogP contribution >= 0.6 is 0 Å². The Morgan fingerprint density at radius 3 is 2.25 bits per heavy atom. The topological polar surface area (TPSA) is 78.4 Å². The molecule has 0 aliphatic carbocycles. The van der Waals surface area contributed by atoms with Crippen molar-refractivity contribution in [2.24, 2.45) is 0 Å². The fraction of sp³-hybridized carbons (Fsp3) is 0.158. The van der Waals surface area contributed by atoms with Gasteiger partial charge < -0.3 is 15.7 Å². The summed E-state index contributed by atoms with van der Waals surface area (Å²) in [5.41, 5.74) is 1.82. The van der Waals surface area contributed by atoms with E-state index in [2.05, 4.69) is 10.6 Å². The van der Waals surface area contributed by atoms with Crippen molar-refractivity contribution in [2.75, 3.05) is 6.61 Å². The zero-order valence-corrected chi connectivity index (χ0v) is 13.2. The number of nitrogens with one attached hydrogen (secondary N) is 2. The molecule has 0 bridgehead atoms. The standard InChI is InChI=1S/C19H20N2O3/c22-14-17(19(24)20-13-16-9-5-2-6-10-16)21-18(23)12-11-15-7-3-1-4-8-15/h1-12,17,22H,13-14H2,(H,20,24)(H,21,23). The Morgan fingerprint density at radius 1 is 1.00 bits per heavy atom. The molecule has 3 N–H and O–H groups in total. The molecule has 5 nitrogen and oxygen atoms in total. The second kappa shape index (κ2) is 9.27. The van der Waals surface area contributed by atoms with Gasteiger partial charge in [0.25, 0.3) is 0 Å². The molecule has 2 aromatic rings. The number of rotatable bonds is 7. The number of aliphatic hydroxyl groups excluding tert-OH is 1. The highest BCUT2D eigenvalue weighted by atomic mass is 16.3. The average Bonchev–Trinajstić information content (AvgIpc) is 2.64. The second-order valence-corrected chi connectivity index (χ2v) is 5.19. The molecule has 0 spiro atoms. The number of aliphatic hydroxyl groups is 1. The Morgan fingerprint density at radius 2 is 1.62 bits per heavy atom. The summed E-state index contributed by atoms with van der Waals surface area (Å²) in [6.07, 6.45) is 2.98. The van der Waals surface area contributed by atoms with Gasteiger partial charge >= 0.3 is 0 Å². The van der Waals surface area contributed by atoms with E-state index in [1.807, 2.05) is 60.7 Å². The van der Waals surface area contributed by atoms with Crippen LogP contribution in [0, 0.1) is 0 Å². The van der Waals surface area contributed by atoms with Crippen LogP contribution in [0.25, 0.3) is 6.08 Å². The molecule has 0 aromatic heterocycles. The van der Waals surface area contributed by atoms with Crippen molar-refractivity contribution in [3.05, 3.63) is 77.9 Å². The normalized spacial score (nSPS) is 11.9. The summed E-state index contributed by atoms with van der Waals surface area (Å²) in [4.78, 5) is 23.9. The Hall–Kier alpha value is -2.92. The van der Waals surface area contributed by atoms with Gasteiger partial charge in [0, 0.05) is 12.6 Å². The lowest BCUT2D eigenvalue weighted by atomic mass is 10.2. The maximum Gasteiger partial charge on any atom is 0.245 e. The first-order valence-corrected chi connectivity index (χ1v) is 7.65. The van der Waals surface area contributed by atoms with Crippen LogP contribution in [-0.4, -0.2) is 29.6 Å². The molecule has 5 heteroatoms. The van der Waals surface area contributed by atoms with Crippen LogP contribution in [0.15, 0.2) is 66.7 Å². The molecule has 24 heavy (non-hydrogen) atoms. The van der Waals surface area contributed by atoms with Gasteiger partial charge in [-0.15, -0.1) is 0 Å². The fourth-order valence-corrected chi connectivity index (χ4v) is 2.06. The molecule has 0 heterocycles. The van der Waals surface area contributed by atoms with Crippen molar-refractivity contribution in [2.45, 2.75) is 12.6 Å². The molecule has 0 fully saturated rings. The van der Waals surface area contributed by atoms with Crippen LogP contribution < -0.4 is 10.6 Å². The smallest absolute Gasteiger partial charge is 0.245 e. The number of amides is 2. The van der Waals surface area contributed by atoms with Gasteiger partial charge in [-0.3, -0.25) is 9.59 Å². The van der Waals surface area contributed by atoms with Crippen LogP contribution in [0.3, 0.4) is 0 Å². The predicted molar refractivity (Wildman–Crippen MR) is 92.8 cm³/mol. The van der Waals surface area contributed by atoms with Crippen LogP contribution in [0.2, 0.25) is 0 Å². The van der Waals surface area contributed by atoms with Gasteiger partial charge in [0.1, 0.15) is 6.04 Å². The highest BCUT2D eigenvalue weighted by Gasteiger charge is 2.18. The van der Waals surface area contributed by atoms with Gasteiger partial charge in [-0.05, 0) is 17.2 Å². The molecular weight excluding hydrogens is 304 g/mol. The molecule has 1 unspecified atom stereocenters. The molecular formula is C19H20N2O3. The Balaban J connectivity index is 1.85. The number of hydrogen-bond donors (Lipinski definition) is 3. The maximum absolute atomic E-state index is 12.0. The predicted octanol–water partition coefficient (Wildman–Crippen LogP) is 1.49. The Kier molecular flexibility index (Phi) is 6.73. The third-order valence-corrected chi connectivity index (χ3v) is 3.35. The van der Waals surface area contributed by atoms with E-state index < -0.39 is 24.5 Å². The minimum atomic E-state index is -0.985. The summed E-state index contributed by atoms with van der Waals surface area (Å²) >= 11 is 0. The molecule has 0 saturated heterocycles. The van der Waals surface area contributed by atoms with Gasteiger partial charge in [0.15, 0.2) is 0 Å². The highest BCUT2D eigenvalue weighted by molar-refractivity contribution is 5.95. The average molecular weight is 324 g/mol.